The summed E-state index contributed by atoms with van der Waals surface area (Å²) in [6.45, 7) is 15.2. The van der Waals surface area contributed by atoms with Gasteiger partial charge in [-0.05, 0) is 55.7 Å². The quantitative estimate of drug-likeness (QED) is 0.278. The van der Waals surface area contributed by atoms with Crippen molar-refractivity contribution in [2.45, 2.75) is 57.9 Å². The van der Waals surface area contributed by atoms with E-state index in [0.717, 1.165) is 15.6 Å². The zero-order valence-electron chi connectivity index (χ0n) is 22.7. The highest BCUT2D eigenvalue weighted by Gasteiger charge is 2.57. The molecular weight excluding hydrogens is 529 g/mol. The van der Waals surface area contributed by atoms with E-state index in [1.165, 1.54) is 0 Å². The average Bonchev–Trinajstić information content (AvgIpc) is 2.83. The van der Waals surface area contributed by atoms with Crippen LogP contribution in [-0.4, -0.2) is 42.4 Å². The Hall–Kier alpha value is -1.58. The van der Waals surface area contributed by atoms with Crippen molar-refractivity contribution in [1.82, 2.24) is 0 Å². The Labute approximate surface area is 223 Å². The lowest BCUT2D eigenvalue weighted by atomic mass is 10.4. The lowest BCUT2D eigenvalue weighted by molar-refractivity contribution is 0.275. The van der Waals surface area contributed by atoms with E-state index >= 15 is 0 Å². The van der Waals surface area contributed by atoms with Gasteiger partial charge in [0.15, 0.2) is 16.6 Å². The molecule has 3 rings (SSSR count). The van der Waals surface area contributed by atoms with Crippen LogP contribution in [-0.2, 0) is 16.8 Å². The van der Waals surface area contributed by atoms with Gasteiger partial charge < -0.3 is 16.8 Å². The molecule has 0 aliphatic heterocycles. The fourth-order valence-electron chi connectivity index (χ4n) is 4.26. The molecule has 0 N–H and O–H groups in total. The smallest absolute Gasteiger partial charge is 0.414 e. The van der Waals surface area contributed by atoms with E-state index in [0.29, 0.717) is 11.7 Å². The summed E-state index contributed by atoms with van der Waals surface area (Å²) in [6.07, 6.45) is 0. The zero-order valence-corrected chi connectivity index (χ0v) is 27.7. The molecule has 0 amide bonds. The third-order valence-electron chi connectivity index (χ3n) is 5.64. The third-order valence-corrected chi connectivity index (χ3v) is 23.1. The van der Waals surface area contributed by atoms with Crippen LogP contribution in [0.15, 0.2) is 91.0 Å². The molecule has 0 unspecified atom stereocenters. The molecular formula is C27H40O4Si5. The van der Waals surface area contributed by atoms with Gasteiger partial charge in [0.1, 0.15) is 0 Å². The summed E-state index contributed by atoms with van der Waals surface area (Å²) in [5.74, 6) is 0. The summed E-state index contributed by atoms with van der Waals surface area (Å²) in [5, 5.41) is 3.19. The molecule has 0 radical (unpaired) electrons. The summed E-state index contributed by atoms with van der Waals surface area (Å²) in [5.41, 5.74) is 0.522. The predicted octanol–water partition coefficient (Wildman–Crippen LogP) is 5.29. The molecule has 0 aliphatic rings. The van der Waals surface area contributed by atoms with E-state index < -0.39 is 42.4 Å². The monoisotopic (exact) mass is 568 g/mol. The van der Waals surface area contributed by atoms with Gasteiger partial charge in [0, 0.05) is 10.9 Å². The van der Waals surface area contributed by atoms with Crippen LogP contribution in [0.2, 0.25) is 51.0 Å². The molecule has 0 heterocycles. The second-order valence-corrected chi connectivity index (χ2v) is 29.7. The van der Waals surface area contributed by atoms with Gasteiger partial charge in [0.2, 0.25) is 0 Å². The normalized spacial score (nSPS) is 13.0. The topological polar surface area (TPSA) is 44.8 Å². The van der Waals surface area contributed by atoms with Gasteiger partial charge in [-0.2, -0.15) is 0 Å². The minimum absolute atomic E-state index is 0.522. The van der Waals surface area contributed by atoms with Gasteiger partial charge in [-0.25, -0.2) is 0 Å². The number of hydrogen-bond acceptors (Lipinski definition) is 4. The first-order valence-electron chi connectivity index (χ1n) is 12.7. The molecule has 9 heteroatoms. The molecule has 0 spiro atoms. The maximum atomic E-state index is 13.5. The minimum atomic E-state index is -3.46. The summed E-state index contributed by atoms with van der Waals surface area (Å²) in [7, 11) is -12.7. The fraction of sp³-hybridized carbons (Fsp3) is 0.333. The van der Waals surface area contributed by atoms with Crippen molar-refractivity contribution in [3.05, 3.63) is 91.0 Å². The van der Waals surface area contributed by atoms with Crippen LogP contribution in [0.5, 0.6) is 0 Å². The van der Waals surface area contributed by atoms with E-state index in [1.54, 1.807) is 0 Å². The molecule has 4 nitrogen and oxygen atoms in total. The van der Waals surface area contributed by atoms with Crippen LogP contribution in [0.1, 0.15) is 6.92 Å². The van der Waals surface area contributed by atoms with Crippen molar-refractivity contribution >= 4 is 58.0 Å². The van der Waals surface area contributed by atoms with E-state index in [4.69, 9.17) is 12.3 Å². The Balaban J connectivity index is 2.38. The Bertz CT molecular complexity index is 1060. The van der Waals surface area contributed by atoms with Crippen molar-refractivity contribution in [2.24, 2.45) is 0 Å². The van der Waals surface area contributed by atoms with Crippen molar-refractivity contribution in [3.8, 4) is 0 Å². The first-order valence-corrected chi connectivity index (χ1v) is 25.2. The lowest BCUT2D eigenvalue weighted by Crippen LogP contribution is -2.74. The summed E-state index contributed by atoms with van der Waals surface area (Å²) < 4.78 is 35.3. The fourth-order valence-corrected chi connectivity index (χ4v) is 24.7. The molecule has 3 aromatic rings. The van der Waals surface area contributed by atoms with E-state index in [2.05, 4.69) is 99.9 Å². The highest BCUT2D eigenvalue weighted by molar-refractivity contribution is 7.07. The SMILES string of the molecule is CC[Si](=O)C[Si](O[Si](O[Si](C)(C)C)(O[Si](C)(C)C)c1ccccc1)(c1ccccc1)c1ccccc1. The van der Waals surface area contributed by atoms with E-state index in [-0.39, 0.29) is 0 Å². The first-order chi connectivity index (χ1) is 16.9. The standard InChI is InChI=1S/C27H40O4Si5/c1-8-32(28)24-35(25-18-12-9-13-19-25,26-20-14-10-15-21-26)31-36(29-33(2,3)4,30-34(5,6)7)27-22-16-11-17-23-27/h9-23H,8,24H2,1-7H3. The largest absolute Gasteiger partial charge is 0.506 e. The van der Waals surface area contributed by atoms with Crippen LogP contribution in [0.25, 0.3) is 0 Å². The maximum absolute atomic E-state index is 13.5. The second kappa shape index (κ2) is 11.9. The highest BCUT2D eigenvalue weighted by Crippen LogP contribution is 2.28. The van der Waals surface area contributed by atoms with E-state index in [9.17, 15) is 4.46 Å². The van der Waals surface area contributed by atoms with E-state index in [1.807, 2.05) is 37.3 Å². The van der Waals surface area contributed by atoms with Crippen LogP contribution in [0.4, 0.5) is 0 Å². The number of benzene rings is 3. The van der Waals surface area contributed by atoms with Crippen LogP contribution >= 0.6 is 0 Å². The number of hydrogen-bond donors (Lipinski definition) is 0. The molecule has 0 bridgehead atoms. The van der Waals surface area contributed by atoms with Crippen LogP contribution in [0.3, 0.4) is 0 Å². The van der Waals surface area contributed by atoms with Crippen molar-refractivity contribution in [1.29, 1.82) is 0 Å². The molecule has 0 aromatic heterocycles. The van der Waals surface area contributed by atoms with Gasteiger partial charge >= 0.3 is 8.80 Å². The Morgan fingerprint density at radius 1 is 0.583 bits per heavy atom. The average molecular weight is 569 g/mol. The molecule has 0 saturated carbocycles. The van der Waals surface area contributed by atoms with Gasteiger partial charge in [-0.1, -0.05) is 97.9 Å². The molecule has 0 fully saturated rings. The van der Waals surface area contributed by atoms with Crippen LogP contribution < -0.4 is 15.6 Å². The lowest BCUT2D eigenvalue weighted by Gasteiger charge is -2.45. The maximum Gasteiger partial charge on any atom is 0.506 e. The Morgan fingerprint density at radius 2 is 0.944 bits per heavy atom. The van der Waals surface area contributed by atoms with Gasteiger partial charge in [-0.15, -0.1) is 0 Å². The van der Waals surface area contributed by atoms with Crippen molar-refractivity contribution in [2.75, 3.05) is 0 Å². The molecule has 0 aliphatic carbocycles. The molecule has 0 atom stereocenters. The summed E-state index contributed by atoms with van der Waals surface area (Å²) in [4.78, 5) is 0. The van der Waals surface area contributed by atoms with Crippen molar-refractivity contribution < 1.29 is 16.8 Å². The molecule has 0 saturated heterocycles. The Kier molecular flexibility index (Phi) is 9.55. The highest BCUT2D eigenvalue weighted by atomic mass is 28.5. The molecule has 36 heavy (non-hydrogen) atoms. The van der Waals surface area contributed by atoms with Crippen molar-refractivity contribution in [3.63, 3.8) is 0 Å². The van der Waals surface area contributed by atoms with Crippen LogP contribution in [0, 0.1) is 0 Å². The second-order valence-electron chi connectivity index (χ2n) is 11.1. The van der Waals surface area contributed by atoms with Gasteiger partial charge in [-0.3, -0.25) is 0 Å². The third kappa shape index (κ3) is 7.48. The summed E-state index contributed by atoms with van der Waals surface area (Å²) >= 11 is 0. The van der Waals surface area contributed by atoms with Gasteiger partial charge in [0.25, 0.3) is 17.0 Å². The predicted molar refractivity (Wildman–Crippen MR) is 161 cm³/mol. The zero-order chi connectivity index (χ0) is 26.5. The Morgan fingerprint density at radius 3 is 1.28 bits per heavy atom. The van der Waals surface area contributed by atoms with Gasteiger partial charge in [0.05, 0.1) is 0 Å². The molecule has 3 aromatic carbocycles. The number of rotatable bonds is 12. The first kappa shape index (κ1) is 29.0. The summed E-state index contributed by atoms with van der Waals surface area (Å²) in [6, 6.07) is 31.7. The molecule has 192 valence electrons. The minimum Gasteiger partial charge on any atom is -0.414 e.